The van der Waals surface area contributed by atoms with Crippen LogP contribution in [0.25, 0.3) is 5.52 Å². The van der Waals surface area contributed by atoms with Gasteiger partial charge in [-0.15, -0.1) is 0 Å². The Bertz CT molecular complexity index is 575. The number of nitrogens with one attached hydrogen (secondary N) is 1. The molecule has 0 spiro atoms. The van der Waals surface area contributed by atoms with E-state index < -0.39 is 5.97 Å². The number of rotatable bonds is 2. The highest BCUT2D eigenvalue weighted by Crippen LogP contribution is 2.15. The molecule has 2 heterocycles. The fourth-order valence-corrected chi connectivity index (χ4v) is 1.36. The first-order valence-electron chi connectivity index (χ1n) is 4.43. The van der Waals surface area contributed by atoms with Gasteiger partial charge in [0, 0.05) is 6.92 Å². The number of anilines is 1. The van der Waals surface area contributed by atoms with Crippen LogP contribution in [0.5, 0.6) is 0 Å². The van der Waals surface area contributed by atoms with Crippen molar-refractivity contribution in [3.63, 3.8) is 0 Å². The summed E-state index contributed by atoms with van der Waals surface area (Å²) in [5.74, 6) is -1.08. The van der Waals surface area contributed by atoms with Gasteiger partial charge in [0.05, 0.1) is 0 Å². The zero-order valence-electron chi connectivity index (χ0n) is 8.34. The smallest absolute Gasteiger partial charge is 0.354 e. The lowest BCUT2D eigenvalue weighted by atomic mass is 10.4. The number of nitrogens with zero attached hydrogens (tertiary/aromatic N) is 3. The molecule has 16 heavy (non-hydrogen) atoms. The van der Waals surface area contributed by atoms with Crippen LogP contribution in [0.2, 0.25) is 0 Å². The Morgan fingerprint density at radius 1 is 1.44 bits per heavy atom. The molecule has 0 aliphatic heterocycles. The third-order valence-corrected chi connectivity index (χ3v) is 1.97. The predicted octanol–water partition coefficient (Wildman–Crippen LogP) is 0.386. The molecule has 0 radical (unpaired) electrons. The minimum absolute atomic E-state index is 0.0176. The van der Waals surface area contributed by atoms with E-state index in [1.54, 1.807) is 0 Å². The van der Waals surface area contributed by atoms with Crippen molar-refractivity contribution in [2.75, 3.05) is 5.32 Å². The van der Waals surface area contributed by atoms with Crippen molar-refractivity contribution in [2.24, 2.45) is 0 Å². The summed E-state index contributed by atoms with van der Waals surface area (Å²) in [5.41, 5.74) is 0.458. The van der Waals surface area contributed by atoms with Crippen molar-refractivity contribution in [3.8, 4) is 0 Å². The molecular weight excluding hydrogens is 212 g/mol. The third kappa shape index (κ3) is 1.58. The Balaban J connectivity index is 2.61. The lowest BCUT2D eigenvalue weighted by Crippen LogP contribution is -2.11. The summed E-state index contributed by atoms with van der Waals surface area (Å²) in [7, 11) is 0. The zero-order valence-corrected chi connectivity index (χ0v) is 8.34. The van der Waals surface area contributed by atoms with Gasteiger partial charge in [-0.05, 0) is 12.1 Å². The van der Waals surface area contributed by atoms with Gasteiger partial charge in [0.2, 0.25) is 5.91 Å². The highest BCUT2D eigenvalue weighted by Gasteiger charge is 2.13. The zero-order chi connectivity index (χ0) is 11.7. The van der Waals surface area contributed by atoms with Crippen LogP contribution in [0.1, 0.15) is 17.4 Å². The van der Waals surface area contributed by atoms with Gasteiger partial charge in [-0.2, -0.15) is 5.10 Å². The van der Waals surface area contributed by atoms with E-state index in [2.05, 4.69) is 15.4 Å². The molecule has 2 aromatic rings. The van der Waals surface area contributed by atoms with Gasteiger partial charge in [0.1, 0.15) is 11.8 Å². The van der Waals surface area contributed by atoms with E-state index in [-0.39, 0.29) is 17.4 Å². The van der Waals surface area contributed by atoms with Crippen molar-refractivity contribution in [1.82, 2.24) is 14.6 Å². The van der Waals surface area contributed by atoms with Crippen LogP contribution in [-0.2, 0) is 4.79 Å². The number of aromatic carboxylic acids is 1. The Kier molecular flexibility index (Phi) is 2.28. The number of hydrogen-bond acceptors (Lipinski definition) is 4. The third-order valence-electron chi connectivity index (χ3n) is 1.97. The Labute approximate surface area is 89.7 Å². The standard InChI is InChI=1S/C9H8N4O3/c1-5(14)12-8-6-2-3-7(9(15)16)13(6)11-4-10-8/h2-4H,1H3,(H,15,16)(H,10,11,12,14). The first-order valence-corrected chi connectivity index (χ1v) is 4.43. The van der Waals surface area contributed by atoms with Crippen LogP contribution in [0.4, 0.5) is 5.82 Å². The first-order chi connectivity index (χ1) is 7.59. The largest absolute Gasteiger partial charge is 0.477 e. The monoisotopic (exact) mass is 220 g/mol. The molecule has 0 aromatic carbocycles. The van der Waals surface area contributed by atoms with Crippen molar-refractivity contribution in [1.29, 1.82) is 0 Å². The number of carbonyl (C=O) groups excluding carboxylic acids is 1. The predicted molar refractivity (Wildman–Crippen MR) is 54.3 cm³/mol. The maximum Gasteiger partial charge on any atom is 0.354 e. The number of aromatic nitrogens is 3. The van der Waals surface area contributed by atoms with Gasteiger partial charge in [0.15, 0.2) is 11.5 Å². The summed E-state index contributed by atoms with van der Waals surface area (Å²) in [6.07, 6.45) is 1.19. The second-order valence-electron chi connectivity index (χ2n) is 3.11. The van der Waals surface area contributed by atoms with E-state index in [1.807, 2.05) is 0 Å². The Morgan fingerprint density at radius 2 is 2.19 bits per heavy atom. The molecule has 7 nitrogen and oxygen atoms in total. The quantitative estimate of drug-likeness (QED) is 0.762. The lowest BCUT2D eigenvalue weighted by Gasteiger charge is -2.03. The number of fused-ring (bicyclic) bond motifs is 1. The SMILES string of the molecule is CC(=O)Nc1ncnn2c(C(=O)O)ccc12. The fraction of sp³-hybridized carbons (Fsp3) is 0.111. The van der Waals surface area contributed by atoms with Crippen molar-refractivity contribution >= 4 is 23.2 Å². The summed E-state index contributed by atoms with van der Waals surface area (Å²) in [6.45, 7) is 1.35. The van der Waals surface area contributed by atoms with E-state index in [1.165, 1.54) is 29.9 Å². The molecule has 7 heteroatoms. The van der Waals surface area contributed by atoms with Gasteiger partial charge >= 0.3 is 5.97 Å². The number of hydrogen-bond donors (Lipinski definition) is 2. The summed E-state index contributed by atoms with van der Waals surface area (Å²) in [4.78, 5) is 25.6. The number of amides is 1. The van der Waals surface area contributed by atoms with Crippen LogP contribution in [0.15, 0.2) is 18.5 Å². The molecule has 1 amide bonds. The Hall–Kier alpha value is -2.44. The second-order valence-corrected chi connectivity index (χ2v) is 3.11. The van der Waals surface area contributed by atoms with E-state index >= 15 is 0 Å². The summed E-state index contributed by atoms with van der Waals surface area (Å²) >= 11 is 0. The molecule has 2 aromatic heterocycles. The van der Waals surface area contributed by atoms with Gasteiger partial charge in [-0.25, -0.2) is 14.3 Å². The van der Waals surface area contributed by atoms with Crippen molar-refractivity contribution in [2.45, 2.75) is 6.92 Å². The second kappa shape index (κ2) is 3.61. The van der Waals surface area contributed by atoms with Gasteiger partial charge in [-0.1, -0.05) is 0 Å². The van der Waals surface area contributed by atoms with Gasteiger partial charge in [0.25, 0.3) is 0 Å². The normalized spacial score (nSPS) is 10.3. The number of carboxylic acid groups (broad SMARTS) is 1. The van der Waals surface area contributed by atoms with Crippen LogP contribution in [0, 0.1) is 0 Å². The van der Waals surface area contributed by atoms with Gasteiger partial charge in [-0.3, -0.25) is 4.79 Å². The summed E-state index contributed by atoms with van der Waals surface area (Å²) in [5, 5.41) is 15.2. The van der Waals surface area contributed by atoms with E-state index in [4.69, 9.17) is 5.11 Å². The molecule has 2 N–H and O–H groups in total. The van der Waals surface area contributed by atoms with Gasteiger partial charge < -0.3 is 10.4 Å². The molecule has 2 rings (SSSR count). The van der Waals surface area contributed by atoms with Crippen LogP contribution < -0.4 is 5.32 Å². The molecule has 0 fully saturated rings. The summed E-state index contributed by atoms with van der Waals surface area (Å²) < 4.78 is 1.21. The molecule has 0 aliphatic carbocycles. The molecule has 82 valence electrons. The average Bonchev–Trinajstić information content (AvgIpc) is 2.61. The fourth-order valence-electron chi connectivity index (χ4n) is 1.36. The minimum Gasteiger partial charge on any atom is -0.477 e. The topological polar surface area (TPSA) is 96.6 Å². The summed E-state index contributed by atoms with van der Waals surface area (Å²) in [6, 6.07) is 2.94. The molecular formula is C9H8N4O3. The number of carbonyl (C=O) groups is 2. The maximum atomic E-state index is 10.9. The van der Waals surface area contributed by atoms with Crippen LogP contribution in [-0.4, -0.2) is 31.6 Å². The minimum atomic E-state index is -1.09. The highest BCUT2D eigenvalue weighted by molar-refractivity contribution is 5.94. The molecule has 0 saturated heterocycles. The molecule has 0 unspecified atom stereocenters. The average molecular weight is 220 g/mol. The van der Waals surface area contributed by atoms with Crippen molar-refractivity contribution < 1.29 is 14.7 Å². The Morgan fingerprint density at radius 3 is 2.81 bits per heavy atom. The lowest BCUT2D eigenvalue weighted by molar-refractivity contribution is -0.114. The van der Waals surface area contributed by atoms with Crippen LogP contribution in [0.3, 0.4) is 0 Å². The van der Waals surface area contributed by atoms with E-state index in [0.717, 1.165) is 0 Å². The molecule has 0 saturated carbocycles. The number of carboxylic acids is 1. The van der Waals surface area contributed by atoms with E-state index in [9.17, 15) is 9.59 Å². The first kappa shape index (κ1) is 10.1. The molecule has 0 aliphatic rings. The van der Waals surface area contributed by atoms with Crippen LogP contribution >= 0.6 is 0 Å². The highest BCUT2D eigenvalue weighted by atomic mass is 16.4. The molecule has 0 bridgehead atoms. The van der Waals surface area contributed by atoms with Crippen molar-refractivity contribution in [3.05, 3.63) is 24.2 Å². The maximum absolute atomic E-state index is 10.9. The molecule has 0 atom stereocenters. The van der Waals surface area contributed by atoms with E-state index in [0.29, 0.717) is 5.52 Å².